The summed E-state index contributed by atoms with van der Waals surface area (Å²) in [7, 11) is 0. The molecule has 2 N–H and O–H groups in total. The zero-order chi connectivity index (χ0) is 22.2. The van der Waals surface area contributed by atoms with Crippen LogP contribution in [0.1, 0.15) is 68.7 Å². The van der Waals surface area contributed by atoms with Crippen LogP contribution in [0.15, 0.2) is 29.3 Å². The minimum atomic E-state index is 0. The fourth-order valence-electron chi connectivity index (χ4n) is 4.71. The van der Waals surface area contributed by atoms with Crippen molar-refractivity contribution in [2.24, 2.45) is 4.99 Å². The molecule has 182 valence electrons. The fourth-order valence-corrected chi connectivity index (χ4v) is 4.71. The number of halogens is 1. The number of aromatic nitrogens is 3. The number of nitrogens with zero attached hydrogens (tertiary/aromatic N) is 5. The molecule has 0 spiro atoms. The Kier molecular flexibility index (Phi) is 10.4. The van der Waals surface area contributed by atoms with Crippen molar-refractivity contribution in [2.45, 2.75) is 84.5 Å². The van der Waals surface area contributed by atoms with Crippen LogP contribution in [0.2, 0.25) is 0 Å². The maximum absolute atomic E-state index is 4.96. The van der Waals surface area contributed by atoms with Gasteiger partial charge >= 0.3 is 0 Å². The topological polar surface area (TPSA) is 70.4 Å². The zero-order valence-corrected chi connectivity index (χ0v) is 22.6. The molecule has 2 aliphatic rings. The van der Waals surface area contributed by atoms with Gasteiger partial charge < -0.3 is 10.6 Å². The molecule has 0 aliphatic carbocycles. The molecule has 3 heterocycles. The molecule has 1 aromatic carbocycles. The normalized spacial score (nSPS) is 19.3. The molecule has 4 rings (SSSR count). The SMILES string of the molecule is CCNC(=NCc1ccccc1CN1CCCCCC1)NC1CCc2nc(CC)nn2C1.I. The predicted octanol–water partition coefficient (Wildman–Crippen LogP) is 3.90. The van der Waals surface area contributed by atoms with Gasteiger partial charge in [0.05, 0.1) is 13.1 Å². The van der Waals surface area contributed by atoms with E-state index in [1.54, 1.807) is 0 Å². The molecule has 1 aromatic heterocycles. The van der Waals surface area contributed by atoms with Gasteiger partial charge in [0.25, 0.3) is 0 Å². The second kappa shape index (κ2) is 13.3. The number of aryl methyl sites for hydroxylation is 2. The first-order valence-electron chi connectivity index (χ1n) is 12.5. The van der Waals surface area contributed by atoms with Crippen molar-refractivity contribution in [1.29, 1.82) is 0 Å². The summed E-state index contributed by atoms with van der Waals surface area (Å²) in [5.74, 6) is 2.95. The molecule has 1 saturated heterocycles. The Balaban J connectivity index is 0.00000306. The van der Waals surface area contributed by atoms with Crippen LogP contribution < -0.4 is 10.6 Å². The number of likely N-dealkylation sites (tertiary alicyclic amines) is 1. The molecule has 1 fully saturated rings. The van der Waals surface area contributed by atoms with Gasteiger partial charge in [-0.1, -0.05) is 44.0 Å². The molecule has 0 amide bonds. The van der Waals surface area contributed by atoms with Gasteiger partial charge in [0, 0.05) is 32.0 Å². The van der Waals surface area contributed by atoms with E-state index < -0.39 is 0 Å². The summed E-state index contributed by atoms with van der Waals surface area (Å²) in [6, 6.07) is 9.12. The lowest BCUT2D eigenvalue weighted by Crippen LogP contribution is -2.47. The van der Waals surface area contributed by atoms with Gasteiger partial charge in [-0.25, -0.2) is 14.7 Å². The van der Waals surface area contributed by atoms with E-state index in [9.17, 15) is 0 Å². The molecule has 2 aromatic rings. The van der Waals surface area contributed by atoms with Crippen LogP contribution in [0.4, 0.5) is 0 Å². The molecular weight excluding hydrogens is 525 g/mol. The van der Waals surface area contributed by atoms with Gasteiger partial charge in [0.2, 0.25) is 0 Å². The quantitative estimate of drug-likeness (QED) is 0.303. The van der Waals surface area contributed by atoms with Crippen molar-refractivity contribution in [1.82, 2.24) is 30.3 Å². The minimum absolute atomic E-state index is 0. The fraction of sp³-hybridized carbons (Fsp3) is 0.640. The standard InChI is InChI=1S/C25H39N7.HI/c1-3-23-29-24-14-13-22(19-32(24)30-23)28-25(26-4-2)27-17-20-11-7-8-12-21(20)18-31-15-9-5-6-10-16-31;/h7-8,11-12,22H,3-6,9-10,13-19H2,1-2H3,(H2,26,27,28);1H. The Morgan fingerprint density at radius 3 is 2.58 bits per heavy atom. The van der Waals surface area contributed by atoms with Crippen LogP contribution in [-0.2, 0) is 32.5 Å². The molecule has 0 bridgehead atoms. The highest BCUT2D eigenvalue weighted by Crippen LogP contribution is 2.17. The van der Waals surface area contributed by atoms with E-state index >= 15 is 0 Å². The van der Waals surface area contributed by atoms with E-state index in [1.807, 2.05) is 0 Å². The molecule has 7 nitrogen and oxygen atoms in total. The minimum Gasteiger partial charge on any atom is -0.357 e. The summed E-state index contributed by atoms with van der Waals surface area (Å²) in [5.41, 5.74) is 2.73. The highest BCUT2D eigenvalue weighted by molar-refractivity contribution is 14.0. The van der Waals surface area contributed by atoms with Crippen molar-refractivity contribution in [3.8, 4) is 0 Å². The number of aliphatic imine (C=N–C) groups is 1. The van der Waals surface area contributed by atoms with Gasteiger partial charge in [-0.05, 0) is 50.4 Å². The predicted molar refractivity (Wildman–Crippen MR) is 145 cm³/mol. The second-order valence-electron chi connectivity index (χ2n) is 9.01. The number of hydrogen-bond donors (Lipinski definition) is 2. The molecule has 1 atom stereocenters. The maximum Gasteiger partial charge on any atom is 0.191 e. The lowest BCUT2D eigenvalue weighted by Gasteiger charge is -2.25. The summed E-state index contributed by atoms with van der Waals surface area (Å²) >= 11 is 0. The van der Waals surface area contributed by atoms with Crippen molar-refractivity contribution in [3.63, 3.8) is 0 Å². The molecular formula is C25H40IN7. The van der Waals surface area contributed by atoms with Crippen molar-refractivity contribution < 1.29 is 0 Å². The van der Waals surface area contributed by atoms with Crippen LogP contribution in [0.5, 0.6) is 0 Å². The molecule has 8 heteroatoms. The van der Waals surface area contributed by atoms with E-state index in [-0.39, 0.29) is 24.0 Å². The van der Waals surface area contributed by atoms with E-state index in [1.165, 1.54) is 49.9 Å². The van der Waals surface area contributed by atoms with Crippen LogP contribution >= 0.6 is 24.0 Å². The van der Waals surface area contributed by atoms with E-state index in [2.05, 4.69) is 68.4 Å². The Morgan fingerprint density at radius 2 is 1.85 bits per heavy atom. The number of fused-ring (bicyclic) bond motifs is 1. The average molecular weight is 566 g/mol. The van der Waals surface area contributed by atoms with Gasteiger partial charge in [0.1, 0.15) is 5.82 Å². The number of hydrogen-bond acceptors (Lipinski definition) is 4. The van der Waals surface area contributed by atoms with Crippen LogP contribution in [0, 0.1) is 0 Å². The van der Waals surface area contributed by atoms with Crippen LogP contribution in [0.25, 0.3) is 0 Å². The van der Waals surface area contributed by atoms with Crippen LogP contribution in [-0.4, -0.2) is 51.3 Å². The first-order valence-corrected chi connectivity index (χ1v) is 12.5. The lowest BCUT2D eigenvalue weighted by molar-refractivity contribution is 0.276. The van der Waals surface area contributed by atoms with Crippen molar-refractivity contribution >= 4 is 29.9 Å². The molecule has 33 heavy (non-hydrogen) atoms. The first-order chi connectivity index (χ1) is 15.7. The summed E-state index contributed by atoms with van der Waals surface area (Å²) < 4.78 is 2.07. The zero-order valence-electron chi connectivity index (χ0n) is 20.2. The van der Waals surface area contributed by atoms with Crippen LogP contribution in [0.3, 0.4) is 0 Å². The second-order valence-corrected chi connectivity index (χ2v) is 9.01. The van der Waals surface area contributed by atoms with E-state index in [0.717, 1.165) is 56.5 Å². The smallest absolute Gasteiger partial charge is 0.191 e. The van der Waals surface area contributed by atoms with Crippen molar-refractivity contribution in [2.75, 3.05) is 19.6 Å². The first kappa shape index (κ1) is 25.9. The Bertz CT molecular complexity index is 887. The average Bonchev–Trinajstić information content (AvgIpc) is 3.05. The maximum atomic E-state index is 4.96. The number of benzene rings is 1. The largest absolute Gasteiger partial charge is 0.357 e. The van der Waals surface area contributed by atoms with E-state index in [0.29, 0.717) is 12.6 Å². The highest BCUT2D eigenvalue weighted by atomic mass is 127. The Labute approximate surface area is 215 Å². The highest BCUT2D eigenvalue weighted by Gasteiger charge is 2.22. The lowest BCUT2D eigenvalue weighted by atomic mass is 10.1. The van der Waals surface area contributed by atoms with Gasteiger partial charge in [-0.15, -0.1) is 24.0 Å². The van der Waals surface area contributed by atoms with Gasteiger partial charge in [0.15, 0.2) is 11.8 Å². The summed E-state index contributed by atoms with van der Waals surface area (Å²) in [6.45, 7) is 10.1. The summed E-state index contributed by atoms with van der Waals surface area (Å²) in [4.78, 5) is 12.2. The molecule has 0 radical (unpaired) electrons. The third-order valence-electron chi connectivity index (χ3n) is 6.52. The molecule has 2 aliphatic heterocycles. The number of rotatable bonds is 7. The Hall–Kier alpha value is -1.68. The van der Waals surface area contributed by atoms with Gasteiger partial charge in [-0.2, -0.15) is 5.10 Å². The third-order valence-corrected chi connectivity index (χ3v) is 6.52. The summed E-state index contributed by atoms with van der Waals surface area (Å²) in [6.07, 6.45) is 8.29. The van der Waals surface area contributed by atoms with E-state index in [4.69, 9.17) is 4.99 Å². The molecule has 0 saturated carbocycles. The monoisotopic (exact) mass is 565 g/mol. The van der Waals surface area contributed by atoms with Gasteiger partial charge in [-0.3, -0.25) is 4.90 Å². The molecule has 1 unspecified atom stereocenters. The van der Waals surface area contributed by atoms with Crippen molar-refractivity contribution in [3.05, 3.63) is 47.0 Å². The third kappa shape index (κ3) is 7.40. The number of guanidine groups is 1. The summed E-state index contributed by atoms with van der Waals surface area (Å²) in [5, 5.41) is 11.7. The number of nitrogens with one attached hydrogen (secondary N) is 2. The Morgan fingerprint density at radius 1 is 1.09 bits per heavy atom.